The summed E-state index contributed by atoms with van der Waals surface area (Å²) in [5, 5.41) is 19.1. The van der Waals surface area contributed by atoms with Crippen LogP contribution in [0.3, 0.4) is 0 Å². The Balaban J connectivity index is 2.54. The van der Waals surface area contributed by atoms with Gasteiger partial charge in [-0.2, -0.15) is 0 Å². The minimum Gasteiger partial charge on any atom is -0.394 e. The molecule has 1 aliphatic heterocycles. The fourth-order valence-corrected chi connectivity index (χ4v) is 2.45. The van der Waals surface area contributed by atoms with Crippen LogP contribution >= 0.6 is 0 Å². The van der Waals surface area contributed by atoms with Crippen molar-refractivity contribution in [2.24, 2.45) is 5.73 Å². The summed E-state index contributed by atoms with van der Waals surface area (Å²) in [5.74, 6) is -0.505. The molecule has 0 saturated carbocycles. The Morgan fingerprint density at radius 1 is 1.57 bits per heavy atom. The molecule has 0 bridgehead atoms. The van der Waals surface area contributed by atoms with Crippen LogP contribution in [-0.2, 0) is 15.3 Å². The van der Waals surface area contributed by atoms with Gasteiger partial charge in [-0.1, -0.05) is 0 Å². The number of nitrogens with one attached hydrogen (secondary N) is 1. The summed E-state index contributed by atoms with van der Waals surface area (Å²) < 4.78 is 6.39. The number of ketones is 1. The average molecular weight is 299 g/mol. The van der Waals surface area contributed by atoms with Crippen LogP contribution in [0.25, 0.3) is 0 Å². The van der Waals surface area contributed by atoms with Crippen molar-refractivity contribution < 1.29 is 19.7 Å². The molecule has 0 radical (unpaired) electrons. The average Bonchev–Trinajstić information content (AvgIpc) is 2.77. The van der Waals surface area contributed by atoms with E-state index >= 15 is 0 Å². The number of H-pyrrole nitrogens is 1. The molecule has 2 rings (SSSR count). The molecule has 5 N–H and O–H groups in total. The van der Waals surface area contributed by atoms with Crippen LogP contribution in [0.15, 0.2) is 21.9 Å². The maximum Gasteiger partial charge on any atom is 0.331 e. The molecule has 0 aromatic carbocycles. The van der Waals surface area contributed by atoms with Gasteiger partial charge in [0.1, 0.15) is 6.10 Å². The third-order valence-corrected chi connectivity index (χ3v) is 3.46. The van der Waals surface area contributed by atoms with Crippen molar-refractivity contribution in [3.05, 3.63) is 33.1 Å². The van der Waals surface area contributed by atoms with E-state index in [4.69, 9.17) is 10.5 Å². The van der Waals surface area contributed by atoms with E-state index in [0.29, 0.717) is 0 Å². The minimum absolute atomic E-state index is 0.0436. The maximum absolute atomic E-state index is 12.4. The van der Waals surface area contributed by atoms with Crippen LogP contribution in [0.5, 0.6) is 0 Å². The molecule has 0 unspecified atom stereocenters. The van der Waals surface area contributed by atoms with Gasteiger partial charge in [0.05, 0.1) is 12.7 Å². The summed E-state index contributed by atoms with van der Waals surface area (Å²) in [6.45, 7) is -0.459. The van der Waals surface area contributed by atoms with Crippen LogP contribution in [0.4, 0.5) is 0 Å². The molecule has 0 aliphatic carbocycles. The Morgan fingerprint density at radius 3 is 2.81 bits per heavy atom. The first-order valence-electron chi connectivity index (χ1n) is 6.47. The largest absolute Gasteiger partial charge is 0.394 e. The highest BCUT2D eigenvalue weighted by Crippen LogP contribution is 2.35. The molecule has 2 heterocycles. The number of hydrogen-bond acceptors (Lipinski definition) is 7. The zero-order chi connectivity index (χ0) is 15.6. The van der Waals surface area contributed by atoms with Gasteiger partial charge >= 0.3 is 5.69 Å². The van der Waals surface area contributed by atoms with Crippen LogP contribution in [0.2, 0.25) is 0 Å². The van der Waals surface area contributed by atoms with Gasteiger partial charge in [-0.3, -0.25) is 19.1 Å². The summed E-state index contributed by atoms with van der Waals surface area (Å²) in [5.41, 5.74) is 2.14. The number of aromatic nitrogens is 2. The third-order valence-electron chi connectivity index (χ3n) is 3.46. The summed E-state index contributed by atoms with van der Waals surface area (Å²) in [7, 11) is 0. The van der Waals surface area contributed by atoms with Crippen LogP contribution in [-0.4, -0.2) is 50.9 Å². The van der Waals surface area contributed by atoms with Crippen molar-refractivity contribution >= 4 is 5.78 Å². The van der Waals surface area contributed by atoms with E-state index < -0.39 is 41.6 Å². The molecule has 1 aromatic heterocycles. The SMILES string of the molecule is NCCC(=O)[C@]1(n2ccc(=O)[nH]c2=O)C[C@H](O)[C@@H](CO)O1. The molecule has 9 nitrogen and oxygen atoms in total. The van der Waals surface area contributed by atoms with Crippen LogP contribution < -0.4 is 17.0 Å². The predicted octanol–water partition coefficient (Wildman–Crippen LogP) is -2.75. The van der Waals surface area contributed by atoms with Gasteiger partial charge in [-0.05, 0) is 6.54 Å². The first-order valence-corrected chi connectivity index (χ1v) is 6.47. The highest BCUT2D eigenvalue weighted by Gasteiger charge is 2.52. The number of rotatable bonds is 5. The second-order valence-corrected chi connectivity index (χ2v) is 4.84. The lowest BCUT2D eigenvalue weighted by Gasteiger charge is -2.29. The highest BCUT2D eigenvalue weighted by molar-refractivity contribution is 5.85. The minimum atomic E-state index is -1.77. The Kier molecular flexibility index (Phi) is 4.37. The zero-order valence-corrected chi connectivity index (χ0v) is 11.2. The van der Waals surface area contributed by atoms with Crippen LogP contribution in [0, 0.1) is 0 Å². The molecule has 3 atom stereocenters. The second-order valence-electron chi connectivity index (χ2n) is 4.84. The smallest absolute Gasteiger partial charge is 0.331 e. The second kappa shape index (κ2) is 5.90. The lowest BCUT2D eigenvalue weighted by molar-refractivity contribution is -0.162. The standard InChI is InChI=1S/C12H17N3O6/c13-3-1-9(18)12(5-7(17)8(6-16)21-12)15-4-2-10(19)14-11(15)20/h2,4,7-8,16-17H,1,3,5-6,13H2,(H,14,19,20)/t7-,8+,12-/m0/s1. The molecule has 21 heavy (non-hydrogen) atoms. The van der Waals surface area contributed by atoms with Gasteiger partial charge in [0.15, 0.2) is 5.78 Å². The van der Waals surface area contributed by atoms with E-state index in [-0.39, 0.29) is 19.4 Å². The normalized spacial score (nSPS) is 28.7. The van der Waals surface area contributed by atoms with Gasteiger partial charge in [-0.15, -0.1) is 0 Å². The molecular formula is C12H17N3O6. The van der Waals surface area contributed by atoms with Gasteiger partial charge in [0, 0.05) is 25.1 Å². The summed E-state index contributed by atoms with van der Waals surface area (Å²) in [6.07, 6.45) is -1.26. The number of hydrogen-bond donors (Lipinski definition) is 4. The lowest BCUT2D eigenvalue weighted by Crippen LogP contribution is -2.50. The lowest BCUT2D eigenvalue weighted by atomic mass is 9.99. The Labute approximate surface area is 119 Å². The number of aromatic amines is 1. The Morgan fingerprint density at radius 2 is 2.29 bits per heavy atom. The number of nitrogens with zero attached hydrogens (tertiary/aromatic N) is 1. The van der Waals surface area contributed by atoms with Crippen molar-refractivity contribution in [3.63, 3.8) is 0 Å². The van der Waals surface area contributed by atoms with Gasteiger partial charge < -0.3 is 20.7 Å². The molecule has 0 spiro atoms. The topological polar surface area (TPSA) is 148 Å². The fourth-order valence-electron chi connectivity index (χ4n) is 2.45. The molecule has 1 aromatic rings. The number of Topliss-reactive ketones (excluding diaryl/α,β-unsaturated/α-hetero) is 1. The zero-order valence-electron chi connectivity index (χ0n) is 11.2. The van der Waals surface area contributed by atoms with Gasteiger partial charge in [0.2, 0.25) is 5.72 Å². The number of aliphatic hydroxyl groups excluding tert-OH is 2. The Hall–Kier alpha value is -1.81. The summed E-state index contributed by atoms with van der Waals surface area (Å²) >= 11 is 0. The van der Waals surface area contributed by atoms with Crippen molar-refractivity contribution in [1.29, 1.82) is 0 Å². The van der Waals surface area contributed by atoms with Gasteiger partial charge in [0.25, 0.3) is 5.56 Å². The molecule has 116 valence electrons. The Bertz CT molecular complexity index is 638. The number of carbonyl (C=O) groups excluding carboxylic acids is 1. The van der Waals surface area contributed by atoms with E-state index in [9.17, 15) is 24.6 Å². The summed E-state index contributed by atoms with van der Waals surface area (Å²) in [4.78, 5) is 37.5. The van der Waals surface area contributed by atoms with E-state index in [1.807, 2.05) is 4.98 Å². The molecule has 1 aliphatic rings. The maximum atomic E-state index is 12.4. The molecule has 1 fully saturated rings. The number of ether oxygens (including phenoxy) is 1. The van der Waals surface area contributed by atoms with E-state index in [0.717, 1.165) is 16.8 Å². The quantitative estimate of drug-likeness (QED) is 0.460. The van der Waals surface area contributed by atoms with Crippen molar-refractivity contribution in [1.82, 2.24) is 9.55 Å². The van der Waals surface area contributed by atoms with Crippen molar-refractivity contribution in [3.8, 4) is 0 Å². The number of carbonyl (C=O) groups is 1. The van der Waals surface area contributed by atoms with Crippen LogP contribution in [0.1, 0.15) is 12.8 Å². The summed E-state index contributed by atoms with van der Waals surface area (Å²) in [6, 6.07) is 1.07. The predicted molar refractivity (Wildman–Crippen MR) is 70.6 cm³/mol. The van der Waals surface area contributed by atoms with E-state index in [1.54, 1.807) is 0 Å². The fraction of sp³-hybridized carbons (Fsp3) is 0.583. The monoisotopic (exact) mass is 299 g/mol. The van der Waals surface area contributed by atoms with Crippen molar-refractivity contribution in [2.45, 2.75) is 30.8 Å². The molecular weight excluding hydrogens is 282 g/mol. The molecule has 0 amide bonds. The number of aliphatic hydroxyl groups is 2. The van der Waals surface area contributed by atoms with Crippen molar-refractivity contribution in [2.75, 3.05) is 13.2 Å². The van der Waals surface area contributed by atoms with E-state index in [1.165, 1.54) is 0 Å². The first-order chi connectivity index (χ1) is 9.94. The molecule has 1 saturated heterocycles. The third kappa shape index (κ3) is 2.68. The van der Waals surface area contributed by atoms with E-state index in [2.05, 4.69) is 0 Å². The first kappa shape index (κ1) is 15.6. The highest BCUT2D eigenvalue weighted by atomic mass is 16.6. The molecule has 9 heteroatoms. The van der Waals surface area contributed by atoms with Gasteiger partial charge in [-0.25, -0.2) is 4.79 Å². The number of nitrogens with two attached hydrogens (primary N) is 1.